The molecule has 3 nitrogen and oxygen atoms in total. The summed E-state index contributed by atoms with van der Waals surface area (Å²) in [6.45, 7) is -0.0566. The zero-order valence-corrected chi connectivity index (χ0v) is 5.23. The van der Waals surface area contributed by atoms with Crippen LogP contribution in [-0.2, 0) is 9.53 Å². The molecule has 48 valence electrons. The van der Waals surface area contributed by atoms with Gasteiger partial charge in [-0.2, -0.15) is 12.6 Å². The molecule has 0 aromatic carbocycles. The van der Waals surface area contributed by atoms with Crippen molar-refractivity contribution in [3.8, 4) is 0 Å². The Morgan fingerprint density at radius 1 is 1.75 bits per heavy atom. The van der Waals surface area contributed by atoms with Crippen LogP contribution in [0.1, 0.15) is 0 Å². The number of ether oxygens (including phenoxy) is 1. The van der Waals surface area contributed by atoms with E-state index in [2.05, 4.69) is 17.4 Å². The number of carbonyl (C=O) groups is 1. The summed E-state index contributed by atoms with van der Waals surface area (Å²) in [5.41, 5.74) is 0. The lowest BCUT2D eigenvalue weighted by atomic mass is 10.7. The van der Waals surface area contributed by atoms with Crippen LogP contribution >= 0.6 is 12.6 Å². The van der Waals surface area contributed by atoms with Crippen LogP contribution in [0.25, 0.3) is 0 Å². The normalized spacial score (nSPS) is 8.75. The maximum atomic E-state index is 10.2. The maximum absolute atomic E-state index is 10.2. The van der Waals surface area contributed by atoms with Crippen molar-refractivity contribution in [1.29, 1.82) is 0 Å². The molecular weight excluding hydrogens is 128 g/mol. The van der Waals surface area contributed by atoms with Gasteiger partial charge in [-0.25, -0.2) is 0 Å². The molecule has 0 heterocycles. The molecular formula is C4H8O3S. The second-order valence-electron chi connectivity index (χ2n) is 1.10. The van der Waals surface area contributed by atoms with E-state index in [9.17, 15) is 4.79 Å². The number of aliphatic hydroxyl groups is 1. The number of aliphatic hydroxyl groups excluding tert-OH is 1. The second-order valence-corrected chi connectivity index (χ2v) is 1.42. The fourth-order valence-electron chi connectivity index (χ4n) is 0.205. The molecule has 0 aromatic heterocycles. The summed E-state index contributed by atoms with van der Waals surface area (Å²) in [4.78, 5) is 10.2. The molecule has 0 atom stereocenters. The van der Waals surface area contributed by atoms with E-state index in [0.29, 0.717) is 0 Å². The third-order valence-corrected chi connectivity index (χ3v) is 0.742. The Labute approximate surface area is 53.1 Å². The topological polar surface area (TPSA) is 46.5 Å². The van der Waals surface area contributed by atoms with Crippen LogP contribution in [0.5, 0.6) is 0 Å². The SMILES string of the molecule is O=C(CS)OCCO. The summed E-state index contributed by atoms with van der Waals surface area (Å²) in [6.07, 6.45) is 0. The molecule has 0 amide bonds. The number of thiol groups is 1. The number of hydrogen-bond acceptors (Lipinski definition) is 4. The minimum Gasteiger partial charge on any atom is -0.463 e. The van der Waals surface area contributed by atoms with Crippen molar-refractivity contribution in [3.05, 3.63) is 0 Å². The highest BCUT2D eigenvalue weighted by molar-refractivity contribution is 7.81. The Morgan fingerprint density at radius 3 is 2.75 bits per heavy atom. The zero-order chi connectivity index (χ0) is 6.41. The fourth-order valence-corrected chi connectivity index (χ4v) is 0.296. The van der Waals surface area contributed by atoms with Crippen LogP contribution in [0, 0.1) is 0 Å². The predicted octanol–water partition coefficient (Wildman–Crippen LogP) is -0.548. The van der Waals surface area contributed by atoms with Crippen LogP contribution in [0.4, 0.5) is 0 Å². The molecule has 0 aliphatic rings. The quantitative estimate of drug-likeness (QED) is 0.404. The molecule has 0 fully saturated rings. The monoisotopic (exact) mass is 136 g/mol. The summed E-state index contributed by atoms with van der Waals surface area (Å²) >= 11 is 3.63. The van der Waals surface area contributed by atoms with Crippen LogP contribution < -0.4 is 0 Å². The van der Waals surface area contributed by atoms with E-state index >= 15 is 0 Å². The van der Waals surface area contributed by atoms with Gasteiger partial charge in [0.25, 0.3) is 0 Å². The Balaban J connectivity index is 2.99. The summed E-state index contributed by atoms with van der Waals surface area (Å²) in [6, 6.07) is 0. The van der Waals surface area contributed by atoms with Gasteiger partial charge < -0.3 is 9.84 Å². The van der Waals surface area contributed by atoms with Crippen molar-refractivity contribution < 1.29 is 14.6 Å². The van der Waals surface area contributed by atoms with Crippen LogP contribution in [-0.4, -0.2) is 30.0 Å². The second kappa shape index (κ2) is 4.93. The van der Waals surface area contributed by atoms with Gasteiger partial charge in [-0.3, -0.25) is 4.79 Å². The van der Waals surface area contributed by atoms with Crippen LogP contribution in [0.2, 0.25) is 0 Å². The van der Waals surface area contributed by atoms with E-state index < -0.39 is 5.97 Å². The molecule has 0 spiro atoms. The van der Waals surface area contributed by atoms with Crippen molar-refractivity contribution in [2.45, 2.75) is 0 Å². The van der Waals surface area contributed by atoms with Gasteiger partial charge in [-0.1, -0.05) is 0 Å². The molecule has 8 heavy (non-hydrogen) atoms. The Hall–Kier alpha value is -0.220. The summed E-state index contributed by atoms with van der Waals surface area (Å²) in [7, 11) is 0. The van der Waals surface area contributed by atoms with Gasteiger partial charge in [-0.15, -0.1) is 0 Å². The first-order chi connectivity index (χ1) is 3.81. The van der Waals surface area contributed by atoms with Crippen molar-refractivity contribution in [1.82, 2.24) is 0 Å². The highest BCUT2D eigenvalue weighted by atomic mass is 32.1. The van der Waals surface area contributed by atoms with E-state index in [1.54, 1.807) is 0 Å². The van der Waals surface area contributed by atoms with Crippen LogP contribution in [0.15, 0.2) is 0 Å². The maximum Gasteiger partial charge on any atom is 0.315 e. The van der Waals surface area contributed by atoms with Crippen molar-refractivity contribution >= 4 is 18.6 Å². The summed E-state index contributed by atoms with van der Waals surface area (Å²) < 4.78 is 4.38. The van der Waals surface area contributed by atoms with E-state index in [1.807, 2.05) is 0 Å². The zero-order valence-electron chi connectivity index (χ0n) is 4.33. The minimum absolute atomic E-state index is 0.0688. The van der Waals surface area contributed by atoms with Gasteiger partial charge in [0.2, 0.25) is 0 Å². The number of rotatable bonds is 3. The largest absolute Gasteiger partial charge is 0.463 e. The third-order valence-electron chi connectivity index (χ3n) is 0.483. The van der Waals surface area contributed by atoms with E-state index in [-0.39, 0.29) is 19.0 Å². The minimum atomic E-state index is -0.401. The molecule has 4 heteroatoms. The molecule has 0 radical (unpaired) electrons. The lowest BCUT2D eigenvalue weighted by Gasteiger charge is -1.96. The molecule has 0 aliphatic heterocycles. The predicted molar refractivity (Wildman–Crippen MR) is 31.9 cm³/mol. The smallest absolute Gasteiger partial charge is 0.315 e. The standard InChI is InChI=1S/C4H8O3S/c5-1-2-7-4(6)3-8/h5,8H,1-3H2. The van der Waals surface area contributed by atoms with E-state index in [4.69, 9.17) is 5.11 Å². The van der Waals surface area contributed by atoms with E-state index in [0.717, 1.165) is 0 Å². The molecule has 1 N–H and O–H groups in total. The van der Waals surface area contributed by atoms with Crippen molar-refractivity contribution in [2.75, 3.05) is 19.0 Å². The lowest BCUT2D eigenvalue weighted by molar-refractivity contribution is -0.141. The summed E-state index contributed by atoms with van der Waals surface area (Å²) in [5.74, 6) is -0.331. The Kier molecular flexibility index (Phi) is 4.79. The highest BCUT2D eigenvalue weighted by Crippen LogP contribution is 1.79. The molecule has 0 unspecified atom stereocenters. The molecule has 0 aromatic rings. The van der Waals surface area contributed by atoms with Gasteiger partial charge >= 0.3 is 5.97 Å². The van der Waals surface area contributed by atoms with Crippen LogP contribution in [0.3, 0.4) is 0 Å². The van der Waals surface area contributed by atoms with E-state index in [1.165, 1.54) is 0 Å². The molecule has 0 aliphatic carbocycles. The highest BCUT2D eigenvalue weighted by Gasteiger charge is 1.94. The van der Waals surface area contributed by atoms with Gasteiger partial charge in [0.1, 0.15) is 6.61 Å². The average Bonchev–Trinajstić information content (AvgIpc) is 1.83. The number of esters is 1. The average molecular weight is 136 g/mol. The third kappa shape index (κ3) is 3.95. The Morgan fingerprint density at radius 2 is 2.38 bits per heavy atom. The van der Waals surface area contributed by atoms with Gasteiger partial charge in [0, 0.05) is 0 Å². The molecule has 0 rings (SSSR count). The number of carbonyl (C=O) groups excluding carboxylic acids is 1. The Bertz CT molecular complexity index is 73.7. The molecule has 0 saturated carbocycles. The first-order valence-electron chi connectivity index (χ1n) is 2.18. The van der Waals surface area contributed by atoms with Gasteiger partial charge in [-0.05, 0) is 0 Å². The first kappa shape index (κ1) is 7.78. The van der Waals surface area contributed by atoms with Gasteiger partial charge in [0.05, 0.1) is 12.4 Å². The van der Waals surface area contributed by atoms with Gasteiger partial charge in [0.15, 0.2) is 0 Å². The summed E-state index contributed by atoms with van der Waals surface area (Å²) in [5, 5.41) is 8.11. The molecule has 0 saturated heterocycles. The first-order valence-corrected chi connectivity index (χ1v) is 2.82. The fraction of sp³-hybridized carbons (Fsp3) is 0.750. The molecule has 0 bridgehead atoms. The lowest BCUT2D eigenvalue weighted by Crippen LogP contribution is -2.08. The van der Waals surface area contributed by atoms with Crippen molar-refractivity contribution in [2.24, 2.45) is 0 Å². The van der Waals surface area contributed by atoms with Crippen molar-refractivity contribution in [3.63, 3.8) is 0 Å². The number of hydrogen-bond donors (Lipinski definition) is 2.